The molecule has 0 saturated heterocycles. The Balaban J connectivity index is 0.00000147. The number of halogens is 2. The molecule has 2 N–H and O–H groups in total. The van der Waals surface area contributed by atoms with E-state index in [1.165, 1.54) is 0 Å². The molecule has 2 heterocycles. The fraction of sp³-hybridized carbons (Fsp3) is 0.214. The van der Waals surface area contributed by atoms with Crippen LogP contribution in [0.3, 0.4) is 0 Å². The first-order valence-electron chi connectivity index (χ1n) is 6.15. The van der Waals surface area contributed by atoms with Crippen LogP contribution in [0.25, 0.3) is 0 Å². The van der Waals surface area contributed by atoms with E-state index in [1.54, 1.807) is 24.5 Å². The van der Waals surface area contributed by atoms with Crippen LogP contribution in [-0.4, -0.2) is 21.6 Å². The van der Waals surface area contributed by atoms with Crippen LogP contribution in [0.2, 0.25) is 5.02 Å². The number of hydrazine groups is 1. The van der Waals surface area contributed by atoms with E-state index in [2.05, 4.69) is 15.4 Å². The van der Waals surface area contributed by atoms with Crippen molar-refractivity contribution in [3.8, 4) is 5.75 Å². The van der Waals surface area contributed by atoms with E-state index in [9.17, 15) is 5.11 Å². The van der Waals surface area contributed by atoms with Crippen molar-refractivity contribution in [1.82, 2.24) is 9.99 Å². The lowest BCUT2D eigenvalue weighted by molar-refractivity contribution is 0.303. The van der Waals surface area contributed by atoms with Crippen molar-refractivity contribution in [1.29, 1.82) is 0 Å². The number of phenols is 1. The minimum Gasteiger partial charge on any atom is -0.508 e. The molecule has 20 heavy (non-hydrogen) atoms. The normalized spacial score (nSPS) is 14.2. The lowest BCUT2D eigenvalue weighted by Crippen LogP contribution is -2.35. The third-order valence-electron chi connectivity index (χ3n) is 3.30. The number of hydrogen-bond acceptors (Lipinski definition) is 4. The van der Waals surface area contributed by atoms with Gasteiger partial charge in [-0.3, -0.25) is 4.98 Å². The molecule has 0 spiro atoms. The van der Waals surface area contributed by atoms with Gasteiger partial charge in [0.25, 0.3) is 0 Å². The Morgan fingerprint density at radius 2 is 1.90 bits per heavy atom. The van der Waals surface area contributed by atoms with Crippen molar-refractivity contribution in [3.05, 3.63) is 52.8 Å². The number of hydrogen-bond donors (Lipinski definition) is 2. The van der Waals surface area contributed by atoms with Crippen molar-refractivity contribution in [3.63, 3.8) is 0 Å². The molecule has 3 rings (SSSR count). The van der Waals surface area contributed by atoms with Gasteiger partial charge in [0.1, 0.15) is 5.75 Å². The molecule has 0 aliphatic carbocycles. The Hall–Kier alpha value is -1.30. The van der Waals surface area contributed by atoms with Crippen LogP contribution in [0.5, 0.6) is 5.75 Å². The van der Waals surface area contributed by atoms with Gasteiger partial charge in [0, 0.05) is 36.1 Å². The van der Waals surface area contributed by atoms with E-state index >= 15 is 0 Å². The lowest BCUT2D eigenvalue weighted by atomic mass is 9.99. The van der Waals surface area contributed by atoms with E-state index in [-0.39, 0.29) is 17.0 Å². The minimum absolute atomic E-state index is 0. The monoisotopic (exact) mass is 355 g/mol. The zero-order valence-electron chi connectivity index (χ0n) is 10.7. The summed E-state index contributed by atoms with van der Waals surface area (Å²) in [7, 11) is 0. The minimum atomic E-state index is 0. The number of fused-ring (bicyclic) bond motifs is 1. The molecule has 0 bridgehead atoms. The number of nitrogens with one attached hydrogen (secondary N) is 1. The molecule has 0 unspecified atom stereocenters. The quantitative estimate of drug-likeness (QED) is 0.866. The summed E-state index contributed by atoms with van der Waals surface area (Å²) in [6.07, 6.45) is 4.28. The first-order valence-corrected chi connectivity index (χ1v) is 6.52. The topological polar surface area (TPSA) is 48.4 Å². The molecule has 0 atom stereocenters. The number of anilines is 1. The number of phenolic OH excluding ortho intramolecular Hbond substituents is 1. The van der Waals surface area contributed by atoms with Crippen molar-refractivity contribution in [2.24, 2.45) is 0 Å². The summed E-state index contributed by atoms with van der Waals surface area (Å²) in [6.45, 7) is 1.49. The van der Waals surface area contributed by atoms with Gasteiger partial charge in [-0.1, -0.05) is 11.6 Å². The van der Waals surface area contributed by atoms with Crippen LogP contribution in [0, 0.1) is 0 Å². The van der Waals surface area contributed by atoms with Crippen molar-refractivity contribution in [2.75, 3.05) is 12.0 Å². The maximum Gasteiger partial charge on any atom is 0.119 e. The SMILES string of the molecule is Br.Oc1ccc(Cl)c2c1CCN(Nc1ccncc1)C2. The van der Waals surface area contributed by atoms with Crippen molar-refractivity contribution >= 4 is 34.3 Å². The summed E-state index contributed by atoms with van der Waals surface area (Å²) < 4.78 is 0. The summed E-state index contributed by atoms with van der Waals surface area (Å²) in [5.74, 6) is 0.336. The van der Waals surface area contributed by atoms with Crippen molar-refractivity contribution in [2.45, 2.75) is 13.0 Å². The van der Waals surface area contributed by atoms with Gasteiger partial charge in [0.05, 0.1) is 5.69 Å². The zero-order valence-corrected chi connectivity index (χ0v) is 13.2. The van der Waals surface area contributed by atoms with Crippen LogP contribution < -0.4 is 5.43 Å². The second kappa shape index (κ2) is 6.43. The van der Waals surface area contributed by atoms with E-state index in [1.807, 2.05) is 12.1 Å². The smallest absolute Gasteiger partial charge is 0.119 e. The average molecular weight is 357 g/mol. The largest absolute Gasteiger partial charge is 0.508 e. The zero-order chi connectivity index (χ0) is 13.2. The van der Waals surface area contributed by atoms with Crippen LogP contribution >= 0.6 is 28.6 Å². The van der Waals surface area contributed by atoms with Gasteiger partial charge in [-0.25, -0.2) is 5.01 Å². The highest BCUT2D eigenvalue weighted by Gasteiger charge is 2.21. The number of benzene rings is 1. The predicted octanol–water partition coefficient (Wildman–Crippen LogP) is 3.40. The molecule has 1 aliphatic rings. The Bertz CT molecular complexity index is 594. The maximum atomic E-state index is 9.85. The fourth-order valence-corrected chi connectivity index (χ4v) is 2.56. The Morgan fingerprint density at radius 3 is 2.65 bits per heavy atom. The van der Waals surface area contributed by atoms with E-state index < -0.39 is 0 Å². The van der Waals surface area contributed by atoms with Crippen LogP contribution in [-0.2, 0) is 13.0 Å². The third kappa shape index (κ3) is 3.06. The van der Waals surface area contributed by atoms with Gasteiger partial charge in [0.2, 0.25) is 0 Å². The summed E-state index contributed by atoms with van der Waals surface area (Å²) >= 11 is 6.21. The van der Waals surface area contributed by atoms with Gasteiger partial charge in [-0.05, 0) is 36.2 Å². The molecule has 0 radical (unpaired) electrons. The molecule has 0 saturated carbocycles. The van der Waals surface area contributed by atoms with Gasteiger partial charge in [-0.15, -0.1) is 17.0 Å². The molecule has 4 nitrogen and oxygen atoms in total. The van der Waals surface area contributed by atoms with E-state index in [0.29, 0.717) is 17.3 Å². The van der Waals surface area contributed by atoms with E-state index in [4.69, 9.17) is 11.6 Å². The standard InChI is InChI=1S/C14H14ClN3O.BrH/c15-13-1-2-14(19)11-5-8-18(9-12(11)13)17-10-3-6-16-7-4-10;/h1-4,6-7,19H,5,8-9H2,(H,16,17);1H. The molecule has 1 aromatic carbocycles. The van der Waals surface area contributed by atoms with E-state index in [0.717, 1.165) is 29.8 Å². The number of aromatic nitrogens is 1. The highest BCUT2D eigenvalue weighted by molar-refractivity contribution is 8.93. The van der Waals surface area contributed by atoms with Gasteiger partial charge in [0.15, 0.2) is 0 Å². The molecule has 1 aromatic heterocycles. The molecule has 6 heteroatoms. The molecule has 1 aliphatic heterocycles. The molecule has 0 fully saturated rings. The molecular weight excluding hydrogens is 342 g/mol. The molecule has 106 valence electrons. The van der Waals surface area contributed by atoms with Crippen LogP contribution in [0.1, 0.15) is 11.1 Å². The molecular formula is C14H15BrClN3O. The third-order valence-corrected chi connectivity index (χ3v) is 3.65. The Kier molecular flexibility index (Phi) is 4.86. The average Bonchev–Trinajstić information content (AvgIpc) is 2.44. The summed E-state index contributed by atoms with van der Waals surface area (Å²) in [4.78, 5) is 3.99. The molecule has 2 aromatic rings. The number of aromatic hydroxyl groups is 1. The Morgan fingerprint density at radius 1 is 1.15 bits per heavy atom. The highest BCUT2D eigenvalue weighted by Crippen LogP contribution is 2.32. The van der Waals surface area contributed by atoms with Gasteiger partial charge < -0.3 is 10.5 Å². The van der Waals surface area contributed by atoms with Crippen LogP contribution in [0.4, 0.5) is 5.69 Å². The fourth-order valence-electron chi connectivity index (χ4n) is 2.32. The van der Waals surface area contributed by atoms with Gasteiger partial charge in [-0.2, -0.15) is 0 Å². The highest BCUT2D eigenvalue weighted by atomic mass is 79.9. The molecule has 0 amide bonds. The number of rotatable bonds is 2. The second-order valence-corrected chi connectivity index (χ2v) is 4.95. The first kappa shape index (κ1) is 15.1. The summed E-state index contributed by atoms with van der Waals surface area (Å²) in [6, 6.07) is 7.23. The number of pyridine rings is 1. The summed E-state index contributed by atoms with van der Waals surface area (Å²) in [5.41, 5.74) is 6.27. The second-order valence-electron chi connectivity index (χ2n) is 4.54. The first-order chi connectivity index (χ1) is 9.24. The number of nitrogens with zero attached hydrogens (tertiary/aromatic N) is 2. The van der Waals surface area contributed by atoms with Gasteiger partial charge >= 0.3 is 0 Å². The summed E-state index contributed by atoms with van der Waals surface area (Å²) in [5, 5.41) is 12.6. The maximum absolute atomic E-state index is 9.85. The predicted molar refractivity (Wildman–Crippen MR) is 85.4 cm³/mol. The van der Waals surface area contributed by atoms with Crippen molar-refractivity contribution < 1.29 is 5.11 Å². The van der Waals surface area contributed by atoms with Crippen LogP contribution in [0.15, 0.2) is 36.7 Å². The lowest BCUT2D eigenvalue weighted by Gasteiger charge is -2.30. The Labute approximate surface area is 133 Å².